The molecule has 0 bridgehead atoms. The van der Waals surface area contributed by atoms with Gasteiger partial charge >= 0.3 is 29.6 Å². The van der Waals surface area contributed by atoms with Crippen LogP contribution in [-0.2, 0) is 10.1 Å². The summed E-state index contributed by atoms with van der Waals surface area (Å²) in [5.74, 6) is 0. The first-order valence-electron chi connectivity index (χ1n) is 2.91. The molecule has 0 fully saturated rings. The van der Waals surface area contributed by atoms with Gasteiger partial charge in [-0.1, -0.05) is 0 Å². The van der Waals surface area contributed by atoms with Gasteiger partial charge in [-0.05, 0) is 18.2 Å². The van der Waals surface area contributed by atoms with Crippen molar-refractivity contribution >= 4 is 35.4 Å². The summed E-state index contributed by atoms with van der Waals surface area (Å²) in [5.41, 5.74) is 0. The van der Waals surface area contributed by atoms with Crippen LogP contribution in [0.3, 0.4) is 0 Å². The summed E-state index contributed by atoms with van der Waals surface area (Å²) in [6, 6.07) is 4.27. The van der Waals surface area contributed by atoms with Gasteiger partial charge in [0.2, 0.25) is 0 Å². The van der Waals surface area contributed by atoms with E-state index in [9.17, 15) is 8.42 Å². The van der Waals surface area contributed by atoms with Crippen LogP contribution >= 0.6 is 25.3 Å². The van der Waals surface area contributed by atoms with Gasteiger partial charge in [0.1, 0.15) is 4.90 Å². The molecule has 1 aromatic carbocycles. The monoisotopic (exact) mass is 246 g/mol. The third-order valence-corrected chi connectivity index (χ3v) is 2.93. The van der Waals surface area contributed by atoms with Gasteiger partial charge in [0, 0.05) is 9.79 Å². The SMILES string of the molecule is O=S(=O)(O)c1cc(S)ccc1S.[H-].[Na+]. The molecule has 0 amide bonds. The average molecular weight is 246 g/mol. The van der Waals surface area contributed by atoms with Crippen molar-refractivity contribution in [1.82, 2.24) is 0 Å². The molecular weight excluding hydrogens is 239 g/mol. The molecule has 0 spiro atoms. The first-order valence-corrected chi connectivity index (χ1v) is 5.24. The van der Waals surface area contributed by atoms with E-state index < -0.39 is 10.1 Å². The minimum absolute atomic E-state index is 0. The van der Waals surface area contributed by atoms with Crippen molar-refractivity contribution in [3.63, 3.8) is 0 Å². The van der Waals surface area contributed by atoms with E-state index in [1.807, 2.05) is 0 Å². The van der Waals surface area contributed by atoms with Crippen LogP contribution in [-0.4, -0.2) is 13.0 Å². The van der Waals surface area contributed by atoms with Crippen molar-refractivity contribution < 1.29 is 44.0 Å². The maximum absolute atomic E-state index is 10.7. The van der Waals surface area contributed by atoms with E-state index in [0.717, 1.165) is 0 Å². The van der Waals surface area contributed by atoms with Gasteiger partial charge in [0.05, 0.1) is 0 Å². The van der Waals surface area contributed by atoms with E-state index in [0.29, 0.717) is 4.90 Å². The average Bonchev–Trinajstić information content (AvgIpc) is 1.92. The Bertz CT molecular complexity index is 407. The zero-order valence-electron chi connectivity index (χ0n) is 7.80. The first-order chi connectivity index (χ1) is 5.41. The Hall–Kier alpha value is 0.830. The molecule has 0 atom stereocenters. The van der Waals surface area contributed by atoms with Gasteiger partial charge in [-0.3, -0.25) is 4.55 Å². The Morgan fingerprint density at radius 2 is 1.85 bits per heavy atom. The van der Waals surface area contributed by atoms with E-state index in [2.05, 4.69) is 25.3 Å². The molecule has 13 heavy (non-hydrogen) atoms. The Balaban J connectivity index is 0. The molecule has 0 radical (unpaired) electrons. The van der Waals surface area contributed by atoms with Gasteiger partial charge < -0.3 is 1.43 Å². The second-order valence-corrected chi connectivity index (χ2v) is 4.52. The summed E-state index contributed by atoms with van der Waals surface area (Å²) in [6.07, 6.45) is 0. The Kier molecular flexibility index (Phi) is 5.39. The minimum atomic E-state index is -4.18. The van der Waals surface area contributed by atoms with Crippen LogP contribution in [0.5, 0.6) is 0 Å². The number of rotatable bonds is 1. The van der Waals surface area contributed by atoms with Crippen LogP contribution in [0.4, 0.5) is 0 Å². The van der Waals surface area contributed by atoms with Crippen LogP contribution in [0, 0.1) is 0 Å². The van der Waals surface area contributed by atoms with Crippen molar-refractivity contribution in [3.8, 4) is 0 Å². The van der Waals surface area contributed by atoms with Crippen molar-refractivity contribution in [3.05, 3.63) is 18.2 Å². The number of hydrogen-bond acceptors (Lipinski definition) is 4. The molecular formula is C6H7NaO3S3. The fourth-order valence-electron chi connectivity index (χ4n) is 0.709. The van der Waals surface area contributed by atoms with Gasteiger partial charge in [-0.25, -0.2) is 0 Å². The maximum Gasteiger partial charge on any atom is 1.00 e. The molecule has 3 nitrogen and oxygen atoms in total. The van der Waals surface area contributed by atoms with Crippen LogP contribution in [0.2, 0.25) is 0 Å². The normalized spacial score (nSPS) is 10.7. The Morgan fingerprint density at radius 3 is 2.23 bits per heavy atom. The van der Waals surface area contributed by atoms with Gasteiger partial charge in [-0.15, -0.1) is 25.3 Å². The third-order valence-electron chi connectivity index (χ3n) is 1.22. The molecule has 0 unspecified atom stereocenters. The minimum Gasteiger partial charge on any atom is -1.00 e. The van der Waals surface area contributed by atoms with Gasteiger partial charge in [-0.2, -0.15) is 8.42 Å². The third kappa shape index (κ3) is 3.83. The molecule has 0 aliphatic rings. The van der Waals surface area contributed by atoms with E-state index in [-0.39, 0.29) is 40.8 Å². The summed E-state index contributed by atoms with van der Waals surface area (Å²) in [6.45, 7) is 0. The number of thiol groups is 2. The standard InChI is InChI=1S/C6H6O3S3.Na.H/c7-12(8,9)6-3-4(10)1-2-5(6)11;;/h1-3,10-11H,(H,7,8,9);;/q;+1;-1. The predicted molar refractivity (Wildman–Crippen MR) is 51.9 cm³/mol. The first kappa shape index (κ1) is 13.8. The largest absolute Gasteiger partial charge is 1.00 e. The van der Waals surface area contributed by atoms with Gasteiger partial charge in [0.15, 0.2) is 0 Å². The smallest absolute Gasteiger partial charge is 1.00 e. The zero-order valence-corrected chi connectivity index (χ0v) is 11.4. The van der Waals surface area contributed by atoms with Crippen molar-refractivity contribution in [2.45, 2.75) is 14.7 Å². The Labute approximate surface area is 111 Å². The molecule has 1 aromatic rings. The summed E-state index contributed by atoms with van der Waals surface area (Å²) < 4.78 is 30.0. The molecule has 1 rings (SSSR count). The molecule has 0 aliphatic heterocycles. The predicted octanol–water partition coefficient (Wildman–Crippen LogP) is -1.37. The second kappa shape index (κ2) is 5.06. The summed E-state index contributed by atoms with van der Waals surface area (Å²) >= 11 is 7.79. The molecule has 0 aromatic heterocycles. The van der Waals surface area contributed by atoms with E-state index >= 15 is 0 Å². The molecule has 0 saturated heterocycles. The summed E-state index contributed by atoms with van der Waals surface area (Å²) in [5, 5.41) is 0. The summed E-state index contributed by atoms with van der Waals surface area (Å²) in [7, 11) is -4.18. The molecule has 0 saturated carbocycles. The van der Waals surface area contributed by atoms with E-state index in [1.165, 1.54) is 12.1 Å². The molecule has 1 N–H and O–H groups in total. The van der Waals surface area contributed by atoms with Crippen LogP contribution in [0.1, 0.15) is 1.43 Å². The van der Waals surface area contributed by atoms with Gasteiger partial charge in [0.25, 0.3) is 10.1 Å². The zero-order chi connectivity index (χ0) is 9.35. The fraction of sp³-hybridized carbons (Fsp3) is 0. The van der Waals surface area contributed by atoms with Crippen LogP contribution < -0.4 is 29.6 Å². The topological polar surface area (TPSA) is 54.4 Å². The molecule has 0 heterocycles. The quantitative estimate of drug-likeness (QED) is 0.325. The number of benzene rings is 1. The Morgan fingerprint density at radius 1 is 1.31 bits per heavy atom. The molecule has 68 valence electrons. The summed E-state index contributed by atoms with van der Waals surface area (Å²) in [4.78, 5) is 0.439. The van der Waals surface area contributed by atoms with Crippen molar-refractivity contribution in [2.75, 3.05) is 0 Å². The molecule has 7 heteroatoms. The second-order valence-electron chi connectivity index (χ2n) is 2.13. The fourth-order valence-corrected chi connectivity index (χ4v) is 2.09. The molecule has 0 aliphatic carbocycles. The van der Waals surface area contributed by atoms with E-state index in [4.69, 9.17) is 4.55 Å². The van der Waals surface area contributed by atoms with E-state index in [1.54, 1.807) is 6.07 Å². The van der Waals surface area contributed by atoms with Crippen molar-refractivity contribution in [2.24, 2.45) is 0 Å². The van der Waals surface area contributed by atoms with Crippen molar-refractivity contribution in [1.29, 1.82) is 0 Å². The van der Waals surface area contributed by atoms with Crippen LogP contribution in [0.15, 0.2) is 32.9 Å². The van der Waals surface area contributed by atoms with Crippen LogP contribution in [0.25, 0.3) is 0 Å². The maximum atomic E-state index is 10.7. The number of hydrogen-bond donors (Lipinski definition) is 3.